The van der Waals surface area contributed by atoms with Gasteiger partial charge in [0.15, 0.2) is 0 Å². The molecule has 1 aromatic heterocycles. The highest BCUT2D eigenvalue weighted by Crippen LogP contribution is 2.19. The van der Waals surface area contributed by atoms with Crippen LogP contribution in [0.3, 0.4) is 0 Å². The smallest absolute Gasteiger partial charge is 0.269 e. The highest BCUT2D eigenvalue weighted by Gasteiger charge is 2.22. The van der Waals surface area contributed by atoms with Gasteiger partial charge in [-0.25, -0.2) is 8.78 Å². The minimum atomic E-state index is -3.04. The van der Waals surface area contributed by atoms with Crippen LogP contribution in [-0.2, 0) is 0 Å². The lowest BCUT2D eigenvalue weighted by atomic mass is 10.2. The van der Waals surface area contributed by atoms with Crippen LogP contribution in [0.25, 0.3) is 0 Å². The minimum absolute atomic E-state index is 0.0715. The van der Waals surface area contributed by atoms with E-state index in [1.807, 2.05) is 0 Å². The van der Waals surface area contributed by atoms with Crippen LogP contribution in [0.4, 0.5) is 8.78 Å². The van der Waals surface area contributed by atoms with E-state index in [1.54, 1.807) is 0 Å². The van der Waals surface area contributed by atoms with E-state index in [-0.39, 0.29) is 4.47 Å². The monoisotopic (exact) mass is 266 g/mol. The summed E-state index contributed by atoms with van der Waals surface area (Å²) in [5.74, 6) is -1.09. The maximum Gasteiger partial charge on any atom is 0.269 e. The Kier molecular flexibility index (Phi) is 3.00. The lowest BCUT2D eigenvalue weighted by molar-refractivity contribution is 0.0979. The predicted molar refractivity (Wildman–Crippen MR) is 48.2 cm³/mol. The first-order valence-electron chi connectivity index (χ1n) is 3.44. The van der Waals surface area contributed by atoms with E-state index in [9.17, 15) is 18.4 Å². The van der Waals surface area contributed by atoms with Crippen molar-refractivity contribution in [2.45, 2.75) is 6.43 Å². The maximum absolute atomic E-state index is 12.4. The number of halogens is 3. The van der Waals surface area contributed by atoms with Gasteiger partial charge in [-0.05, 0) is 15.9 Å². The Bertz CT molecular complexity index is 430. The molecule has 0 aromatic carbocycles. The second-order valence-electron chi connectivity index (χ2n) is 2.42. The lowest BCUT2D eigenvalue weighted by Crippen LogP contribution is -2.23. The molecule has 0 bridgehead atoms. The van der Waals surface area contributed by atoms with E-state index >= 15 is 0 Å². The van der Waals surface area contributed by atoms with Crippen LogP contribution >= 0.6 is 15.9 Å². The van der Waals surface area contributed by atoms with Crippen molar-refractivity contribution in [1.82, 2.24) is 4.98 Å². The van der Waals surface area contributed by atoms with Crippen LogP contribution in [-0.4, -0.2) is 10.9 Å². The average Bonchev–Trinajstić information content (AvgIpc) is 2.08. The molecule has 1 aromatic rings. The van der Waals surface area contributed by atoms with Gasteiger partial charge >= 0.3 is 0 Å². The molecule has 0 fully saturated rings. The molecule has 3 N–H and O–H groups in total. The van der Waals surface area contributed by atoms with Crippen LogP contribution in [0, 0.1) is 0 Å². The van der Waals surface area contributed by atoms with E-state index in [2.05, 4.69) is 20.9 Å². The zero-order valence-electron chi connectivity index (χ0n) is 6.68. The zero-order valence-corrected chi connectivity index (χ0v) is 8.27. The van der Waals surface area contributed by atoms with Crippen molar-refractivity contribution < 1.29 is 13.6 Å². The Hall–Kier alpha value is -1.24. The molecule has 14 heavy (non-hydrogen) atoms. The molecule has 76 valence electrons. The summed E-state index contributed by atoms with van der Waals surface area (Å²) in [6.07, 6.45) is -1.95. The summed E-state index contributed by atoms with van der Waals surface area (Å²) in [5, 5.41) is 0. The van der Waals surface area contributed by atoms with Gasteiger partial charge in [0, 0.05) is 6.20 Å². The Balaban J connectivity index is 3.54. The molecular weight excluding hydrogens is 262 g/mol. The lowest BCUT2D eigenvalue weighted by Gasteiger charge is -2.04. The van der Waals surface area contributed by atoms with E-state index in [4.69, 9.17) is 5.73 Å². The van der Waals surface area contributed by atoms with Crippen LogP contribution in [0.15, 0.2) is 15.5 Å². The molecule has 0 spiro atoms. The van der Waals surface area contributed by atoms with Gasteiger partial charge in [0.05, 0.1) is 10.0 Å². The van der Waals surface area contributed by atoms with Crippen molar-refractivity contribution in [2.24, 2.45) is 5.73 Å². The van der Waals surface area contributed by atoms with Gasteiger partial charge in [0.2, 0.25) is 5.43 Å². The molecule has 0 saturated carbocycles. The average molecular weight is 267 g/mol. The van der Waals surface area contributed by atoms with Crippen LogP contribution in [0.2, 0.25) is 0 Å². The third-order valence-electron chi connectivity index (χ3n) is 1.54. The Morgan fingerprint density at radius 2 is 2.14 bits per heavy atom. The molecule has 1 amide bonds. The van der Waals surface area contributed by atoms with Crippen molar-refractivity contribution in [1.29, 1.82) is 0 Å². The van der Waals surface area contributed by atoms with Gasteiger partial charge in [0.25, 0.3) is 12.3 Å². The number of nitrogens with two attached hydrogens (primary N) is 1. The first-order valence-corrected chi connectivity index (χ1v) is 4.23. The minimum Gasteiger partial charge on any atom is -0.364 e. The first-order chi connectivity index (χ1) is 6.45. The fourth-order valence-electron chi connectivity index (χ4n) is 0.933. The predicted octanol–water partition coefficient (Wildman–Crippen LogP) is 1.17. The molecular formula is C7H5BrF2N2O2. The highest BCUT2D eigenvalue weighted by atomic mass is 79.9. The quantitative estimate of drug-likeness (QED) is 0.843. The summed E-state index contributed by atoms with van der Waals surface area (Å²) in [7, 11) is 0. The molecule has 1 rings (SSSR count). The van der Waals surface area contributed by atoms with E-state index in [1.165, 1.54) is 0 Å². The number of pyridine rings is 1. The number of hydrogen-bond donors (Lipinski definition) is 2. The number of H-pyrrole nitrogens is 1. The number of amides is 1. The van der Waals surface area contributed by atoms with Crippen LogP contribution in [0.5, 0.6) is 0 Å². The molecule has 0 aliphatic carbocycles. The zero-order chi connectivity index (χ0) is 10.9. The number of carbonyl (C=O) groups excluding carboxylic acids is 1. The van der Waals surface area contributed by atoms with Gasteiger partial charge < -0.3 is 10.7 Å². The number of primary amides is 1. The molecule has 4 nitrogen and oxygen atoms in total. The van der Waals surface area contributed by atoms with Crippen LogP contribution < -0.4 is 11.2 Å². The normalized spacial score (nSPS) is 10.6. The van der Waals surface area contributed by atoms with E-state index < -0.39 is 29.0 Å². The molecule has 0 aliphatic heterocycles. The van der Waals surface area contributed by atoms with Crippen LogP contribution in [0.1, 0.15) is 22.5 Å². The summed E-state index contributed by atoms with van der Waals surface area (Å²) in [5.41, 5.74) is 2.40. The molecule has 0 atom stereocenters. The first kappa shape index (κ1) is 10.8. The van der Waals surface area contributed by atoms with Gasteiger partial charge in [0.1, 0.15) is 5.69 Å². The number of aromatic amines is 1. The summed E-state index contributed by atoms with van der Waals surface area (Å²) in [4.78, 5) is 24.1. The third-order valence-corrected chi connectivity index (χ3v) is 2.13. The van der Waals surface area contributed by atoms with Gasteiger partial charge in [-0.15, -0.1) is 0 Å². The van der Waals surface area contributed by atoms with Gasteiger partial charge in [-0.1, -0.05) is 0 Å². The number of alkyl halides is 2. The van der Waals surface area contributed by atoms with Crippen molar-refractivity contribution in [3.05, 3.63) is 32.2 Å². The fraction of sp³-hybridized carbons (Fsp3) is 0.143. The number of aromatic nitrogens is 1. The van der Waals surface area contributed by atoms with Crippen molar-refractivity contribution in [2.75, 3.05) is 0 Å². The van der Waals surface area contributed by atoms with E-state index in [0.29, 0.717) is 0 Å². The summed E-state index contributed by atoms with van der Waals surface area (Å²) in [6.45, 7) is 0. The maximum atomic E-state index is 12.4. The summed E-state index contributed by atoms with van der Waals surface area (Å²) < 4.78 is 24.7. The standard InChI is InChI=1S/C7H5BrF2N2O2/c8-2-1-12-4(7(11)14)3(5(2)13)6(9)10/h1,6H,(H2,11,14)(H,12,13). The van der Waals surface area contributed by atoms with Crippen molar-refractivity contribution in [3.8, 4) is 0 Å². The second-order valence-corrected chi connectivity index (χ2v) is 3.27. The van der Waals surface area contributed by atoms with E-state index in [0.717, 1.165) is 6.20 Å². The SMILES string of the molecule is NC(=O)c1[nH]cc(Br)c(=O)c1C(F)F. The highest BCUT2D eigenvalue weighted by molar-refractivity contribution is 9.10. The molecule has 7 heteroatoms. The summed E-state index contributed by atoms with van der Waals surface area (Å²) in [6, 6.07) is 0. The fourth-order valence-corrected chi connectivity index (χ4v) is 1.26. The van der Waals surface area contributed by atoms with Gasteiger partial charge in [-0.2, -0.15) is 0 Å². The third kappa shape index (κ3) is 1.82. The number of rotatable bonds is 2. The Labute approximate surface area is 85.2 Å². The molecule has 1 heterocycles. The van der Waals surface area contributed by atoms with Gasteiger partial charge in [-0.3, -0.25) is 9.59 Å². The summed E-state index contributed by atoms with van der Waals surface area (Å²) >= 11 is 2.77. The molecule has 0 unspecified atom stereocenters. The molecule has 0 radical (unpaired) electrons. The van der Waals surface area contributed by atoms with Crippen molar-refractivity contribution in [3.63, 3.8) is 0 Å². The second kappa shape index (κ2) is 3.87. The Morgan fingerprint density at radius 1 is 1.57 bits per heavy atom. The van der Waals surface area contributed by atoms with Crippen molar-refractivity contribution >= 4 is 21.8 Å². The Morgan fingerprint density at radius 3 is 2.57 bits per heavy atom. The number of hydrogen-bond acceptors (Lipinski definition) is 2. The number of nitrogens with one attached hydrogen (secondary N) is 1. The molecule has 0 aliphatic rings. The number of carbonyl (C=O) groups is 1. The largest absolute Gasteiger partial charge is 0.364 e. The molecule has 0 saturated heterocycles. The topological polar surface area (TPSA) is 76.0 Å².